The molecule has 3 nitrogen and oxygen atoms in total. The molecule has 0 saturated heterocycles. The van der Waals surface area contributed by atoms with Gasteiger partial charge in [-0.25, -0.2) is 0 Å². The average molecular weight is 311 g/mol. The van der Waals surface area contributed by atoms with Gasteiger partial charge in [0, 0.05) is 0 Å². The van der Waals surface area contributed by atoms with E-state index in [9.17, 15) is 4.79 Å². The average Bonchev–Trinajstić information content (AvgIpc) is 2.56. The zero-order chi connectivity index (χ0) is 16.8. The number of aryl methyl sites for hydroxylation is 2. The van der Waals surface area contributed by atoms with Crippen molar-refractivity contribution >= 4 is 5.91 Å². The van der Waals surface area contributed by atoms with Gasteiger partial charge >= 0.3 is 0 Å². The second kappa shape index (κ2) is 7.82. The minimum absolute atomic E-state index is 0.00335. The van der Waals surface area contributed by atoms with Crippen LogP contribution < -0.4 is 10.1 Å². The molecule has 2 aromatic rings. The molecule has 2 aromatic carbocycles. The second-order valence-corrected chi connectivity index (χ2v) is 5.89. The summed E-state index contributed by atoms with van der Waals surface area (Å²) < 4.78 is 5.69. The molecule has 0 aliphatic rings. The van der Waals surface area contributed by atoms with Gasteiger partial charge in [0.1, 0.15) is 5.75 Å². The largest absolute Gasteiger partial charge is 0.481 e. The first kappa shape index (κ1) is 17.1. The first-order chi connectivity index (χ1) is 11.0. The molecule has 0 radical (unpaired) electrons. The van der Waals surface area contributed by atoms with Crippen LogP contribution in [0.25, 0.3) is 0 Å². The Labute approximate surface area is 138 Å². The highest BCUT2D eigenvalue weighted by Crippen LogP contribution is 2.20. The number of hydrogen-bond donors (Lipinski definition) is 1. The summed E-state index contributed by atoms with van der Waals surface area (Å²) in [5.41, 5.74) is 3.63. The van der Waals surface area contributed by atoms with Crippen molar-refractivity contribution in [3.63, 3.8) is 0 Å². The van der Waals surface area contributed by atoms with Gasteiger partial charge in [-0.15, -0.1) is 0 Å². The standard InChI is InChI=1S/C20H25NO2/c1-5-19(17-12-11-14(2)15(3)13-17)21-20(22)16(4)23-18-9-7-6-8-10-18/h6-13,16,19H,5H2,1-4H3,(H,21,22). The molecular formula is C20H25NO2. The van der Waals surface area contributed by atoms with E-state index in [0.29, 0.717) is 5.75 Å². The molecule has 0 aliphatic carbocycles. The summed E-state index contributed by atoms with van der Waals surface area (Å²) in [6.45, 7) is 8.03. The maximum absolute atomic E-state index is 12.4. The van der Waals surface area contributed by atoms with Crippen LogP contribution in [0.5, 0.6) is 5.75 Å². The van der Waals surface area contributed by atoms with Gasteiger partial charge in [0.2, 0.25) is 0 Å². The van der Waals surface area contributed by atoms with Crippen LogP contribution in [-0.4, -0.2) is 12.0 Å². The zero-order valence-electron chi connectivity index (χ0n) is 14.3. The van der Waals surface area contributed by atoms with E-state index in [-0.39, 0.29) is 11.9 Å². The number of hydrogen-bond acceptors (Lipinski definition) is 2. The van der Waals surface area contributed by atoms with Crippen molar-refractivity contribution in [1.29, 1.82) is 0 Å². The normalized spacial score (nSPS) is 13.2. The Balaban J connectivity index is 2.02. The van der Waals surface area contributed by atoms with Crippen LogP contribution in [0.1, 0.15) is 43.0 Å². The van der Waals surface area contributed by atoms with E-state index in [1.54, 1.807) is 6.92 Å². The van der Waals surface area contributed by atoms with Crippen LogP contribution in [0.3, 0.4) is 0 Å². The Morgan fingerprint density at radius 1 is 1.09 bits per heavy atom. The van der Waals surface area contributed by atoms with Crippen LogP contribution in [0.2, 0.25) is 0 Å². The van der Waals surface area contributed by atoms with E-state index in [1.165, 1.54) is 11.1 Å². The van der Waals surface area contributed by atoms with Gasteiger partial charge in [0.05, 0.1) is 6.04 Å². The zero-order valence-corrected chi connectivity index (χ0v) is 14.3. The lowest BCUT2D eigenvalue weighted by atomic mass is 9.99. The summed E-state index contributed by atoms with van der Waals surface area (Å²) in [5.74, 6) is 0.605. The van der Waals surface area contributed by atoms with Crippen molar-refractivity contribution < 1.29 is 9.53 Å². The van der Waals surface area contributed by atoms with Crippen LogP contribution >= 0.6 is 0 Å². The minimum Gasteiger partial charge on any atom is -0.481 e. The van der Waals surface area contributed by atoms with Gasteiger partial charge in [0.15, 0.2) is 6.10 Å². The lowest BCUT2D eigenvalue weighted by Gasteiger charge is -2.21. The van der Waals surface area contributed by atoms with Crippen molar-refractivity contribution in [3.8, 4) is 5.75 Å². The molecule has 0 aliphatic heterocycles. The molecule has 0 heterocycles. The second-order valence-electron chi connectivity index (χ2n) is 5.89. The first-order valence-corrected chi connectivity index (χ1v) is 8.10. The lowest BCUT2D eigenvalue weighted by Crippen LogP contribution is -2.38. The fraction of sp³-hybridized carbons (Fsp3) is 0.350. The molecule has 2 unspecified atom stereocenters. The summed E-state index contributed by atoms with van der Waals surface area (Å²) in [6, 6.07) is 15.7. The van der Waals surface area contributed by atoms with E-state index in [0.717, 1.165) is 12.0 Å². The fourth-order valence-corrected chi connectivity index (χ4v) is 2.45. The van der Waals surface area contributed by atoms with Gasteiger partial charge < -0.3 is 10.1 Å². The van der Waals surface area contributed by atoms with Gasteiger partial charge in [0.25, 0.3) is 5.91 Å². The molecule has 2 atom stereocenters. The summed E-state index contributed by atoms with van der Waals surface area (Å²) >= 11 is 0. The van der Waals surface area contributed by atoms with Crippen LogP contribution in [0.15, 0.2) is 48.5 Å². The van der Waals surface area contributed by atoms with E-state index in [1.807, 2.05) is 30.3 Å². The van der Waals surface area contributed by atoms with E-state index < -0.39 is 6.10 Å². The molecule has 0 saturated carbocycles. The highest BCUT2D eigenvalue weighted by atomic mass is 16.5. The fourth-order valence-electron chi connectivity index (χ4n) is 2.45. The Morgan fingerprint density at radius 2 is 1.78 bits per heavy atom. The number of nitrogens with one attached hydrogen (secondary N) is 1. The number of rotatable bonds is 6. The molecule has 0 fully saturated rings. The Hall–Kier alpha value is -2.29. The highest BCUT2D eigenvalue weighted by Gasteiger charge is 2.19. The third-order valence-electron chi connectivity index (χ3n) is 4.08. The third kappa shape index (κ3) is 4.59. The Bertz CT molecular complexity index is 652. The summed E-state index contributed by atoms with van der Waals surface area (Å²) in [4.78, 5) is 12.4. The van der Waals surface area contributed by atoms with Gasteiger partial charge in [-0.1, -0.05) is 43.3 Å². The van der Waals surface area contributed by atoms with E-state index in [2.05, 4.69) is 44.3 Å². The van der Waals surface area contributed by atoms with Crippen LogP contribution in [-0.2, 0) is 4.79 Å². The van der Waals surface area contributed by atoms with Crippen molar-refractivity contribution in [2.45, 2.75) is 46.3 Å². The molecule has 1 amide bonds. The maximum Gasteiger partial charge on any atom is 0.261 e. The highest BCUT2D eigenvalue weighted by molar-refractivity contribution is 5.81. The van der Waals surface area contributed by atoms with Gasteiger partial charge in [-0.05, 0) is 56.0 Å². The number of benzene rings is 2. The molecule has 3 heteroatoms. The number of carbonyl (C=O) groups is 1. The predicted octanol–water partition coefficient (Wildman–Crippen LogP) is 4.34. The summed E-state index contributed by atoms with van der Waals surface area (Å²) in [6.07, 6.45) is 0.310. The molecule has 0 spiro atoms. The lowest BCUT2D eigenvalue weighted by molar-refractivity contribution is -0.128. The first-order valence-electron chi connectivity index (χ1n) is 8.10. The molecule has 122 valence electrons. The van der Waals surface area contributed by atoms with Crippen molar-refractivity contribution in [2.24, 2.45) is 0 Å². The monoisotopic (exact) mass is 311 g/mol. The van der Waals surface area contributed by atoms with E-state index in [4.69, 9.17) is 4.74 Å². The van der Waals surface area contributed by atoms with Crippen molar-refractivity contribution in [1.82, 2.24) is 5.32 Å². The van der Waals surface area contributed by atoms with Gasteiger partial charge in [-0.2, -0.15) is 0 Å². The smallest absolute Gasteiger partial charge is 0.261 e. The quantitative estimate of drug-likeness (QED) is 0.862. The molecule has 0 aromatic heterocycles. The summed E-state index contributed by atoms with van der Waals surface area (Å²) in [5, 5.41) is 3.09. The minimum atomic E-state index is -0.530. The number of ether oxygens (including phenoxy) is 1. The molecule has 2 rings (SSSR count). The molecule has 0 bridgehead atoms. The third-order valence-corrected chi connectivity index (χ3v) is 4.08. The molecule has 1 N–H and O–H groups in total. The molecule has 23 heavy (non-hydrogen) atoms. The molecular weight excluding hydrogens is 286 g/mol. The van der Waals surface area contributed by atoms with Crippen LogP contribution in [0.4, 0.5) is 0 Å². The van der Waals surface area contributed by atoms with Gasteiger partial charge in [-0.3, -0.25) is 4.79 Å². The van der Waals surface area contributed by atoms with Crippen molar-refractivity contribution in [2.75, 3.05) is 0 Å². The van der Waals surface area contributed by atoms with Crippen molar-refractivity contribution in [3.05, 3.63) is 65.2 Å². The number of amides is 1. The SMILES string of the molecule is CCC(NC(=O)C(C)Oc1ccccc1)c1ccc(C)c(C)c1. The van der Waals surface area contributed by atoms with Crippen LogP contribution in [0, 0.1) is 13.8 Å². The number of carbonyl (C=O) groups excluding carboxylic acids is 1. The maximum atomic E-state index is 12.4. The number of para-hydroxylation sites is 1. The van der Waals surface area contributed by atoms with E-state index >= 15 is 0 Å². The Kier molecular flexibility index (Phi) is 5.80. The topological polar surface area (TPSA) is 38.3 Å². The predicted molar refractivity (Wildman–Crippen MR) is 93.6 cm³/mol. The Morgan fingerprint density at radius 3 is 2.39 bits per heavy atom. The summed E-state index contributed by atoms with van der Waals surface area (Å²) in [7, 11) is 0.